The SMILES string of the molecule is CC(C)Cn1c(SCC(=O)NC23CC4CC(CC(C4)C2)C3)nc2ccccc21. The Balaban J connectivity index is 1.28. The quantitative estimate of drug-likeness (QED) is 0.708. The Bertz CT molecular complexity index is 852. The summed E-state index contributed by atoms with van der Waals surface area (Å²) in [5, 5.41) is 4.46. The Morgan fingerprint density at radius 1 is 1.18 bits per heavy atom. The maximum Gasteiger partial charge on any atom is 0.230 e. The van der Waals surface area contributed by atoms with Crippen LogP contribution in [0.3, 0.4) is 0 Å². The van der Waals surface area contributed by atoms with Gasteiger partial charge < -0.3 is 9.88 Å². The number of aromatic nitrogens is 2. The number of imidazole rings is 1. The zero-order valence-corrected chi connectivity index (χ0v) is 17.8. The summed E-state index contributed by atoms with van der Waals surface area (Å²) in [6.45, 7) is 5.38. The number of carbonyl (C=O) groups excluding carboxylic acids is 1. The van der Waals surface area contributed by atoms with Gasteiger partial charge in [0.2, 0.25) is 5.91 Å². The Kier molecular flexibility index (Phi) is 4.69. The monoisotopic (exact) mass is 397 g/mol. The van der Waals surface area contributed by atoms with Gasteiger partial charge in [0, 0.05) is 12.1 Å². The molecule has 150 valence electrons. The van der Waals surface area contributed by atoms with Gasteiger partial charge in [-0.2, -0.15) is 0 Å². The highest BCUT2D eigenvalue weighted by atomic mass is 32.2. The average molecular weight is 398 g/mol. The predicted molar refractivity (Wildman–Crippen MR) is 114 cm³/mol. The molecule has 4 aliphatic carbocycles. The van der Waals surface area contributed by atoms with Gasteiger partial charge in [0.05, 0.1) is 16.8 Å². The second-order valence-electron chi connectivity index (χ2n) is 9.92. The van der Waals surface area contributed by atoms with Crippen LogP contribution >= 0.6 is 11.8 Å². The molecule has 0 radical (unpaired) electrons. The van der Waals surface area contributed by atoms with Crippen molar-refractivity contribution < 1.29 is 4.79 Å². The summed E-state index contributed by atoms with van der Waals surface area (Å²) in [4.78, 5) is 17.7. The number of nitrogens with one attached hydrogen (secondary N) is 1. The lowest BCUT2D eigenvalue weighted by atomic mass is 9.53. The molecule has 4 nitrogen and oxygen atoms in total. The molecule has 5 heteroatoms. The Morgan fingerprint density at radius 3 is 2.46 bits per heavy atom. The lowest BCUT2D eigenvalue weighted by Gasteiger charge is -2.56. The smallest absolute Gasteiger partial charge is 0.230 e. The third kappa shape index (κ3) is 3.47. The van der Waals surface area contributed by atoms with Crippen LogP contribution in [-0.4, -0.2) is 26.8 Å². The topological polar surface area (TPSA) is 46.9 Å². The Labute approximate surface area is 171 Å². The van der Waals surface area contributed by atoms with Gasteiger partial charge in [-0.25, -0.2) is 4.98 Å². The first kappa shape index (κ1) is 18.5. The lowest BCUT2D eigenvalue weighted by molar-refractivity contribution is -0.124. The molecule has 0 aliphatic heterocycles. The molecule has 1 aromatic heterocycles. The fourth-order valence-electron chi connectivity index (χ4n) is 6.43. The number of amides is 1. The van der Waals surface area contributed by atoms with Gasteiger partial charge in [0.1, 0.15) is 0 Å². The first-order valence-electron chi connectivity index (χ1n) is 10.9. The van der Waals surface area contributed by atoms with E-state index in [0.29, 0.717) is 11.7 Å². The standard InChI is InChI=1S/C23H31N3OS/c1-15(2)13-26-20-6-4-3-5-19(20)24-22(26)28-14-21(27)25-23-10-16-7-17(11-23)9-18(8-16)12-23/h3-6,15-18H,7-14H2,1-2H3,(H,25,27). The number of hydrogen-bond acceptors (Lipinski definition) is 3. The van der Waals surface area contributed by atoms with Crippen LogP contribution in [0.4, 0.5) is 0 Å². The minimum atomic E-state index is 0.102. The van der Waals surface area contributed by atoms with E-state index in [4.69, 9.17) is 4.98 Å². The molecule has 4 aliphatic rings. The van der Waals surface area contributed by atoms with Crippen LogP contribution in [-0.2, 0) is 11.3 Å². The third-order valence-electron chi connectivity index (χ3n) is 6.94. The third-order valence-corrected chi connectivity index (χ3v) is 7.92. The zero-order chi connectivity index (χ0) is 19.3. The van der Waals surface area contributed by atoms with Crippen LogP contribution in [0.5, 0.6) is 0 Å². The average Bonchev–Trinajstić information content (AvgIpc) is 2.95. The Morgan fingerprint density at radius 2 is 1.82 bits per heavy atom. The van der Waals surface area contributed by atoms with Gasteiger partial charge in [0.15, 0.2) is 5.16 Å². The van der Waals surface area contributed by atoms with E-state index >= 15 is 0 Å². The number of benzene rings is 1. The summed E-state index contributed by atoms with van der Waals surface area (Å²) in [7, 11) is 0. The van der Waals surface area contributed by atoms with Crippen molar-refractivity contribution in [3.05, 3.63) is 24.3 Å². The van der Waals surface area contributed by atoms with Gasteiger partial charge >= 0.3 is 0 Å². The van der Waals surface area contributed by atoms with E-state index in [0.717, 1.165) is 35.0 Å². The molecule has 4 saturated carbocycles. The van der Waals surface area contributed by atoms with Crippen molar-refractivity contribution in [3.63, 3.8) is 0 Å². The molecule has 0 saturated heterocycles. The van der Waals surface area contributed by atoms with Gasteiger partial charge in [-0.1, -0.05) is 37.7 Å². The van der Waals surface area contributed by atoms with E-state index in [2.05, 4.69) is 41.9 Å². The molecule has 0 unspecified atom stereocenters. The van der Waals surface area contributed by atoms with Crippen molar-refractivity contribution in [2.45, 2.75) is 69.6 Å². The highest BCUT2D eigenvalue weighted by Crippen LogP contribution is 2.55. The number of hydrogen-bond donors (Lipinski definition) is 1. The molecule has 1 aromatic carbocycles. The summed E-state index contributed by atoms with van der Waals surface area (Å²) >= 11 is 1.59. The second kappa shape index (κ2) is 7.08. The summed E-state index contributed by atoms with van der Waals surface area (Å²) in [6.07, 6.45) is 7.85. The largest absolute Gasteiger partial charge is 0.350 e. The highest BCUT2D eigenvalue weighted by molar-refractivity contribution is 7.99. The van der Waals surface area contributed by atoms with Crippen molar-refractivity contribution in [2.75, 3.05) is 5.75 Å². The van der Waals surface area contributed by atoms with E-state index in [1.54, 1.807) is 11.8 Å². The maximum absolute atomic E-state index is 12.9. The van der Waals surface area contributed by atoms with Crippen LogP contribution in [0.15, 0.2) is 29.4 Å². The summed E-state index contributed by atoms with van der Waals surface area (Å²) in [6, 6.07) is 8.29. The molecule has 1 amide bonds. The van der Waals surface area contributed by atoms with Gasteiger partial charge in [-0.3, -0.25) is 4.79 Å². The second-order valence-corrected chi connectivity index (χ2v) is 10.9. The number of para-hydroxylation sites is 2. The zero-order valence-electron chi connectivity index (χ0n) is 17.0. The summed E-state index contributed by atoms with van der Waals surface area (Å²) in [5.41, 5.74) is 2.29. The molecule has 0 spiro atoms. The number of carbonyl (C=O) groups is 1. The van der Waals surface area contributed by atoms with Crippen LogP contribution in [0.25, 0.3) is 11.0 Å². The molecule has 28 heavy (non-hydrogen) atoms. The van der Waals surface area contributed by atoms with Gasteiger partial charge in [0.25, 0.3) is 0 Å². The number of nitrogens with zero attached hydrogens (tertiary/aromatic N) is 2. The first-order chi connectivity index (χ1) is 13.5. The molecule has 6 rings (SSSR count). The molecule has 0 atom stereocenters. The van der Waals surface area contributed by atoms with E-state index < -0.39 is 0 Å². The number of thioether (sulfide) groups is 1. The van der Waals surface area contributed by atoms with Crippen molar-refractivity contribution in [1.29, 1.82) is 0 Å². The molecule has 1 heterocycles. The first-order valence-corrected chi connectivity index (χ1v) is 11.9. The van der Waals surface area contributed by atoms with Crippen molar-refractivity contribution in [1.82, 2.24) is 14.9 Å². The highest BCUT2D eigenvalue weighted by Gasteiger charge is 2.51. The molecule has 4 fully saturated rings. The van der Waals surface area contributed by atoms with E-state index in [1.807, 2.05) is 6.07 Å². The fourth-order valence-corrected chi connectivity index (χ4v) is 7.25. The predicted octanol–water partition coefficient (Wildman–Crippen LogP) is 4.87. The van der Waals surface area contributed by atoms with Crippen molar-refractivity contribution in [2.24, 2.45) is 23.7 Å². The summed E-state index contributed by atoms with van der Waals surface area (Å²) in [5.74, 6) is 3.76. The van der Waals surface area contributed by atoms with Crippen molar-refractivity contribution >= 4 is 28.7 Å². The molecular formula is C23H31N3OS. The molecular weight excluding hydrogens is 366 g/mol. The van der Waals surface area contributed by atoms with Crippen LogP contribution < -0.4 is 5.32 Å². The minimum Gasteiger partial charge on any atom is -0.350 e. The van der Waals surface area contributed by atoms with Crippen molar-refractivity contribution in [3.8, 4) is 0 Å². The lowest BCUT2D eigenvalue weighted by Crippen LogP contribution is -2.60. The normalized spacial score (nSPS) is 31.0. The molecule has 1 N–H and O–H groups in total. The number of fused-ring (bicyclic) bond motifs is 1. The molecule has 4 bridgehead atoms. The maximum atomic E-state index is 12.9. The van der Waals surface area contributed by atoms with Gasteiger partial charge in [-0.05, 0) is 74.3 Å². The van der Waals surface area contributed by atoms with Crippen LogP contribution in [0.2, 0.25) is 0 Å². The number of rotatable bonds is 6. The Hall–Kier alpha value is -1.49. The van der Waals surface area contributed by atoms with Crippen LogP contribution in [0, 0.1) is 23.7 Å². The van der Waals surface area contributed by atoms with E-state index in [9.17, 15) is 4.79 Å². The minimum absolute atomic E-state index is 0.102. The summed E-state index contributed by atoms with van der Waals surface area (Å²) < 4.78 is 2.28. The molecule has 2 aromatic rings. The fraction of sp³-hybridized carbons (Fsp3) is 0.652. The van der Waals surface area contributed by atoms with E-state index in [-0.39, 0.29) is 11.4 Å². The van der Waals surface area contributed by atoms with Gasteiger partial charge in [-0.15, -0.1) is 0 Å². The van der Waals surface area contributed by atoms with Crippen LogP contribution in [0.1, 0.15) is 52.4 Å². The van der Waals surface area contributed by atoms with E-state index in [1.165, 1.54) is 44.0 Å².